The van der Waals surface area contributed by atoms with Crippen LogP contribution in [-0.4, -0.2) is 39.9 Å². The van der Waals surface area contributed by atoms with Crippen LogP contribution >= 0.6 is 24.0 Å². The number of thioether (sulfide) groups is 1. The van der Waals surface area contributed by atoms with Crippen LogP contribution in [0.25, 0.3) is 6.08 Å². The molecule has 0 radical (unpaired) electrons. The number of ether oxygens (including phenoxy) is 2. The maximum absolute atomic E-state index is 12.7. The highest BCUT2D eigenvalue weighted by molar-refractivity contribution is 8.26. The summed E-state index contributed by atoms with van der Waals surface area (Å²) in [7, 11) is 0. The molecule has 0 aromatic heterocycles. The van der Waals surface area contributed by atoms with Crippen molar-refractivity contribution in [2.24, 2.45) is 0 Å². The molecule has 0 atom stereocenters. The summed E-state index contributed by atoms with van der Waals surface area (Å²) in [6.07, 6.45) is 4.81. The number of carbonyl (C=O) groups is 2. The fourth-order valence-electron chi connectivity index (χ4n) is 3.06. The zero-order valence-electron chi connectivity index (χ0n) is 16.9. The lowest BCUT2D eigenvalue weighted by Crippen LogP contribution is -2.40. The van der Waals surface area contributed by atoms with Crippen molar-refractivity contribution in [3.8, 4) is 11.5 Å². The van der Waals surface area contributed by atoms with E-state index in [4.69, 9.17) is 21.7 Å². The normalized spacial score (nSPS) is 17.3. The number of hydrogen-bond acceptors (Lipinski definition) is 6. The Kier molecular flexibility index (Phi) is 6.85. The van der Waals surface area contributed by atoms with Crippen molar-refractivity contribution in [3.63, 3.8) is 0 Å². The number of unbranched alkanes of at least 4 members (excludes halogenated alkanes) is 2. The van der Waals surface area contributed by atoms with Gasteiger partial charge < -0.3 is 14.8 Å². The molecular formula is C21H26N2O4S2. The molecule has 29 heavy (non-hydrogen) atoms. The maximum atomic E-state index is 12.7. The molecule has 156 valence electrons. The van der Waals surface area contributed by atoms with Gasteiger partial charge in [-0.3, -0.25) is 14.5 Å². The Bertz CT molecular complexity index is 846. The number of amides is 2. The second kappa shape index (κ2) is 9.17. The van der Waals surface area contributed by atoms with Crippen LogP contribution in [0.2, 0.25) is 0 Å². The highest BCUT2D eigenvalue weighted by Crippen LogP contribution is 2.36. The van der Waals surface area contributed by atoms with E-state index in [1.165, 1.54) is 11.8 Å². The van der Waals surface area contributed by atoms with E-state index in [1.54, 1.807) is 4.90 Å². The predicted molar refractivity (Wildman–Crippen MR) is 119 cm³/mol. The van der Waals surface area contributed by atoms with Crippen LogP contribution in [0.1, 0.15) is 52.0 Å². The molecule has 2 aliphatic rings. The lowest BCUT2D eigenvalue weighted by Gasteiger charge is -2.20. The van der Waals surface area contributed by atoms with Gasteiger partial charge in [0.05, 0.1) is 4.91 Å². The van der Waals surface area contributed by atoms with E-state index >= 15 is 0 Å². The molecule has 1 aromatic rings. The Balaban J connectivity index is 1.47. The van der Waals surface area contributed by atoms with Crippen molar-refractivity contribution in [1.29, 1.82) is 0 Å². The third-order valence-corrected chi connectivity index (χ3v) is 5.75. The number of hydrogen-bond donors (Lipinski definition) is 1. The summed E-state index contributed by atoms with van der Waals surface area (Å²) < 4.78 is 11.3. The van der Waals surface area contributed by atoms with Crippen molar-refractivity contribution >= 4 is 46.2 Å². The molecule has 0 bridgehead atoms. The van der Waals surface area contributed by atoms with Gasteiger partial charge in [-0.05, 0) is 57.4 Å². The Morgan fingerprint density at radius 3 is 2.76 bits per heavy atom. The van der Waals surface area contributed by atoms with Crippen LogP contribution in [0.5, 0.6) is 11.5 Å². The lowest BCUT2D eigenvalue weighted by atomic mass is 10.1. The largest absolute Gasteiger partial charge is 0.454 e. The molecule has 1 N–H and O–H groups in total. The SMILES string of the molecule is CC(C)(C)NC(=O)CCCCCN1C(=O)C(=Cc2ccc3c(c2)OCO3)SC1=S. The lowest BCUT2D eigenvalue weighted by molar-refractivity contribution is -0.123. The maximum Gasteiger partial charge on any atom is 0.266 e. The fourth-order valence-corrected chi connectivity index (χ4v) is 4.37. The van der Waals surface area contributed by atoms with Gasteiger partial charge in [0.15, 0.2) is 11.5 Å². The molecule has 1 saturated heterocycles. The van der Waals surface area contributed by atoms with E-state index in [1.807, 2.05) is 45.0 Å². The molecule has 0 spiro atoms. The Morgan fingerprint density at radius 1 is 1.24 bits per heavy atom. The third-order valence-electron chi connectivity index (χ3n) is 4.37. The first kappa shape index (κ1) is 21.6. The summed E-state index contributed by atoms with van der Waals surface area (Å²) in [6, 6.07) is 5.59. The zero-order valence-corrected chi connectivity index (χ0v) is 18.6. The van der Waals surface area contributed by atoms with Crippen molar-refractivity contribution in [2.45, 2.75) is 52.0 Å². The van der Waals surface area contributed by atoms with Crippen LogP contribution in [0.3, 0.4) is 0 Å². The van der Waals surface area contributed by atoms with Crippen LogP contribution in [0.4, 0.5) is 0 Å². The standard InChI is InChI=1S/C21H26N2O4S2/c1-21(2,3)22-18(24)7-5-4-6-10-23-19(25)17(29-20(23)28)12-14-8-9-15-16(11-14)27-13-26-15/h8-9,11-12H,4-7,10,13H2,1-3H3,(H,22,24). The van der Waals surface area contributed by atoms with Crippen molar-refractivity contribution in [2.75, 3.05) is 13.3 Å². The minimum Gasteiger partial charge on any atom is -0.454 e. The van der Waals surface area contributed by atoms with Gasteiger partial charge in [0.25, 0.3) is 5.91 Å². The second-order valence-corrected chi connectivity index (χ2v) is 9.73. The molecule has 0 aliphatic carbocycles. The number of nitrogens with one attached hydrogen (secondary N) is 1. The van der Waals surface area contributed by atoms with Gasteiger partial charge >= 0.3 is 0 Å². The summed E-state index contributed by atoms with van der Waals surface area (Å²) in [5, 5.41) is 2.96. The first-order valence-electron chi connectivity index (χ1n) is 9.69. The van der Waals surface area contributed by atoms with Gasteiger partial charge in [-0.2, -0.15) is 0 Å². The summed E-state index contributed by atoms with van der Waals surface area (Å²) in [4.78, 5) is 26.8. The zero-order chi connectivity index (χ0) is 21.0. The topological polar surface area (TPSA) is 67.9 Å². The van der Waals surface area contributed by atoms with Crippen LogP contribution < -0.4 is 14.8 Å². The molecule has 0 saturated carbocycles. The highest BCUT2D eigenvalue weighted by Gasteiger charge is 2.31. The summed E-state index contributed by atoms with van der Waals surface area (Å²) >= 11 is 6.71. The molecule has 1 aromatic carbocycles. The molecule has 6 nitrogen and oxygen atoms in total. The van der Waals surface area contributed by atoms with Crippen LogP contribution in [0, 0.1) is 0 Å². The number of thiocarbonyl (C=S) groups is 1. The first-order chi connectivity index (χ1) is 13.7. The van der Waals surface area contributed by atoms with E-state index < -0.39 is 0 Å². The Hall–Kier alpha value is -2.06. The summed E-state index contributed by atoms with van der Waals surface area (Å²) in [5.74, 6) is 1.40. The van der Waals surface area contributed by atoms with E-state index in [0.29, 0.717) is 33.7 Å². The smallest absolute Gasteiger partial charge is 0.266 e. The minimum absolute atomic E-state index is 0.0646. The van der Waals surface area contributed by atoms with Crippen molar-refractivity contribution in [1.82, 2.24) is 10.2 Å². The molecule has 2 heterocycles. The highest BCUT2D eigenvalue weighted by atomic mass is 32.2. The Labute approximate surface area is 181 Å². The second-order valence-electron chi connectivity index (χ2n) is 8.05. The average Bonchev–Trinajstić information content (AvgIpc) is 3.19. The number of carbonyl (C=O) groups excluding carboxylic acids is 2. The van der Waals surface area contributed by atoms with E-state index in [9.17, 15) is 9.59 Å². The van der Waals surface area contributed by atoms with Crippen molar-refractivity contribution in [3.05, 3.63) is 28.7 Å². The van der Waals surface area contributed by atoms with Gasteiger partial charge in [0.2, 0.25) is 12.7 Å². The molecule has 2 amide bonds. The summed E-state index contributed by atoms with van der Waals surface area (Å²) in [6.45, 7) is 6.70. The van der Waals surface area contributed by atoms with Gasteiger partial charge in [0, 0.05) is 18.5 Å². The number of fused-ring (bicyclic) bond motifs is 1. The molecule has 8 heteroatoms. The average molecular weight is 435 g/mol. The van der Waals surface area contributed by atoms with Gasteiger partial charge in [-0.25, -0.2) is 0 Å². The van der Waals surface area contributed by atoms with E-state index in [0.717, 1.165) is 24.8 Å². The van der Waals surface area contributed by atoms with Crippen molar-refractivity contribution < 1.29 is 19.1 Å². The van der Waals surface area contributed by atoms with Crippen LogP contribution in [-0.2, 0) is 9.59 Å². The van der Waals surface area contributed by atoms with Crippen LogP contribution in [0.15, 0.2) is 23.1 Å². The molecule has 1 fully saturated rings. The molecular weight excluding hydrogens is 408 g/mol. The quantitative estimate of drug-likeness (QED) is 0.396. The summed E-state index contributed by atoms with van der Waals surface area (Å²) in [5.41, 5.74) is 0.669. The minimum atomic E-state index is -0.205. The van der Waals surface area contributed by atoms with Gasteiger partial charge in [-0.1, -0.05) is 36.5 Å². The van der Waals surface area contributed by atoms with E-state index in [-0.39, 0.29) is 24.1 Å². The monoisotopic (exact) mass is 434 g/mol. The molecule has 2 aliphatic heterocycles. The van der Waals surface area contributed by atoms with E-state index in [2.05, 4.69) is 5.32 Å². The molecule has 0 unspecified atom stereocenters. The fraction of sp³-hybridized carbons (Fsp3) is 0.476. The molecule has 3 rings (SSSR count). The van der Waals surface area contributed by atoms with Gasteiger partial charge in [0.1, 0.15) is 4.32 Å². The Morgan fingerprint density at radius 2 is 2.00 bits per heavy atom. The third kappa shape index (κ3) is 5.96. The number of nitrogens with zero attached hydrogens (tertiary/aromatic N) is 1. The first-order valence-corrected chi connectivity index (χ1v) is 10.9. The predicted octanol–water partition coefficient (Wildman–Crippen LogP) is 4.09. The number of rotatable bonds is 7. The number of benzene rings is 1. The van der Waals surface area contributed by atoms with Gasteiger partial charge in [-0.15, -0.1) is 0 Å².